The maximum atomic E-state index is 11.9. The van der Waals surface area contributed by atoms with Crippen LogP contribution in [0.3, 0.4) is 0 Å². The molecule has 0 saturated heterocycles. The van der Waals surface area contributed by atoms with Gasteiger partial charge < -0.3 is 4.42 Å². The lowest BCUT2D eigenvalue weighted by Gasteiger charge is -2.04. The molecule has 0 spiro atoms. The largest absolute Gasteiger partial charge is 0.466 e. The molecule has 0 aliphatic rings. The molecule has 2 aromatic rings. The number of carbonyl (C=O) groups is 2. The number of benzene rings is 1. The van der Waals surface area contributed by atoms with E-state index in [1.165, 1.54) is 12.2 Å². The highest BCUT2D eigenvalue weighted by atomic mass is 35.5. The molecule has 5 nitrogen and oxygen atoms in total. The Morgan fingerprint density at radius 1 is 1.13 bits per heavy atom. The lowest BCUT2D eigenvalue weighted by atomic mass is 10.2. The van der Waals surface area contributed by atoms with Crippen molar-refractivity contribution in [2.45, 2.75) is 13.8 Å². The van der Waals surface area contributed by atoms with E-state index in [1.807, 2.05) is 0 Å². The second kappa shape index (κ2) is 7.35. The fraction of sp³-hybridized carbons (Fsp3) is 0.125. The third kappa shape index (κ3) is 4.61. The molecule has 0 bridgehead atoms. The van der Waals surface area contributed by atoms with Gasteiger partial charge >= 0.3 is 0 Å². The highest BCUT2D eigenvalue weighted by molar-refractivity contribution is 6.34. The van der Waals surface area contributed by atoms with Crippen molar-refractivity contribution in [3.63, 3.8) is 0 Å². The van der Waals surface area contributed by atoms with Gasteiger partial charge in [-0.1, -0.05) is 23.2 Å². The van der Waals surface area contributed by atoms with Gasteiger partial charge in [0.15, 0.2) is 0 Å². The highest BCUT2D eigenvalue weighted by Crippen LogP contribution is 2.21. The van der Waals surface area contributed by atoms with Crippen molar-refractivity contribution in [2.24, 2.45) is 0 Å². The normalized spacial score (nSPS) is 10.8. The molecule has 0 saturated carbocycles. The minimum absolute atomic E-state index is 0.365. The number of carbonyl (C=O) groups excluding carboxylic acids is 2. The first-order chi connectivity index (χ1) is 10.9. The molecule has 2 rings (SSSR count). The summed E-state index contributed by atoms with van der Waals surface area (Å²) in [7, 11) is 0. The molecule has 2 N–H and O–H groups in total. The third-order valence-corrected chi connectivity index (χ3v) is 3.54. The predicted octanol–water partition coefficient (Wildman–Crippen LogP) is 3.68. The fourth-order valence-electron chi connectivity index (χ4n) is 1.89. The maximum Gasteiger partial charge on any atom is 0.273 e. The van der Waals surface area contributed by atoms with Gasteiger partial charge in [0.2, 0.25) is 0 Å². The van der Waals surface area contributed by atoms with Gasteiger partial charge in [0.1, 0.15) is 11.5 Å². The van der Waals surface area contributed by atoms with Crippen LogP contribution in [0.1, 0.15) is 27.4 Å². The summed E-state index contributed by atoms with van der Waals surface area (Å²) in [6.07, 6.45) is 2.74. The SMILES string of the molecule is Cc1cc(C(=O)NNC(=O)/C=C/c2cc(Cl)ccc2Cl)c(C)o1. The maximum absolute atomic E-state index is 11.9. The fourth-order valence-corrected chi connectivity index (χ4v) is 2.25. The van der Waals surface area contributed by atoms with E-state index in [0.29, 0.717) is 32.7 Å². The van der Waals surface area contributed by atoms with Gasteiger partial charge in [0.05, 0.1) is 5.56 Å². The van der Waals surface area contributed by atoms with Crippen LogP contribution in [0.2, 0.25) is 10.0 Å². The van der Waals surface area contributed by atoms with E-state index in [9.17, 15) is 9.59 Å². The number of nitrogens with one attached hydrogen (secondary N) is 2. The highest BCUT2D eigenvalue weighted by Gasteiger charge is 2.13. The van der Waals surface area contributed by atoms with Crippen LogP contribution in [0.4, 0.5) is 0 Å². The van der Waals surface area contributed by atoms with Gasteiger partial charge in [0.25, 0.3) is 11.8 Å². The Balaban J connectivity index is 1.95. The lowest BCUT2D eigenvalue weighted by Crippen LogP contribution is -2.40. The topological polar surface area (TPSA) is 71.3 Å². The summed E-state index contributed by atoms with van der Waals surface area (Å²) in [5.41, 5.74) is 5.55. The zero-order valence-corrected chi connectivity index (χ0v) is 14.0. The number of aryl methyl sites for hydroxylation is 2. The molecule has 0 aliphatic heterocycles. The van der Waals surface area contributed by atoms with E-state index in [-0.39, 0.29) is 0 Å². The Morgan fingerprint density at radius 2 is 1.87 bits per heavy atom. The molecule has 1 heterocycles. The number of halogens is 2. The first kappa shape index (κ1) is 17.1. The van der Waals surface area contributed by atoms with Crippen LogP contribution in [0.25, 0.3) is 6.08 Å². The molecular weight excluding hydrogens is 339 g/mol. The average molecular weight is 353 g/mol. The van der Waals surface area contributed by atoms with Crippen molar-refractivity contribution in [3.8, 4) is 0 Å². The number of hydrogen-bond donors (Lipinski definition) is 2. The first-order valence-corrected chi connectivity index (χ1v) is 7.43. The van der Waals surface area contributed by atoms with Crippen molar-refractivity contribution in [2.75, 3.05) is 0 Å². The molecule has 0 atom stereocenters. The zero-order chi connectivity index (χ0) is 17.0. The molecule has 2 amide bonds. The molecule has 7 heteroatoms. The van der Waals surface area contributed by atoms with Crippen molar-refractivity contribution in [1.82, 2.24) is 10.9 Å². The Labute approximate surface area is 143 Å². The standard InChI is InChI=1S/C16H14Cl2N2O3/c1-9-7-13(10(2)23-9)16(22)20-19-15(21)6-3-11-8-12(17)4-5-14(11)18/h3-8H,1-2H3,(H,19,21)(H,20,22)/b6-3+. The van der Waals surface area contributed by atoms with Crippen LogP contribution < -0.4 is 10.9 Å². The van der Waals surface area contributed by atoms with E-state index >= 15 is 0 Å². The lowest BCUT2D eigenvalue weighted by molar-refractivity contribution is -0.117. The molecule has 1 aromatic carbocycles. The molecule has 0 fully saturated rings. The van der Waals surface area contributed by atoms with Gasteiger partial charge in [-0.2, -0.15) is 0 Å². The quantitative estimate of drug-likeness (QED) is 0.653. The number of hydrogen-bond acceptors (Lipinski definition) is 3. The summed E-state index contributed by atoms with van der Waals surface area (Å²) in [6, 6.07) is 6.51. The smallest absolute Gasteiger partial charge is 0.273 e. The van der Waals surface area contributed by atoms with Crippen molar-refractivity contribution in [1.29, 1.82) is 0 Å². The van der Waals surface area contributed by atoms with Crippen LogP contribution in [-0.2, 0) is 4.79 Å². The second-order valence-electron chi connectivity index (χ2n) is 4.77. The molecule has 23 heavy (non-hydrogen) atoms. The Kier molecular flexibility index (Phi) is 5.47. The Hall–Kier alpha value is -2.24. The van der Waals surface area contributed by atoms with Gasteiger partial charge in [-0.3, -0.25) is 20.4 Å². The number of rotatable bonds is 3. The number of hydrazine groups is 1. The summed E-state index contributed by atoms with van der Waals surface area (Å²) in [4.78, 5) is 23.6. The van der Waals surface area contributed by atoms with Crippen molar-refractivity contribution >= 4 is 41.1 Å². The monoisotopic (exact) mass is 352 g/mol. The Morgan fingerprint density at radius 3 is 2.52 bits per heavy atom. The summed E-state index contributed by atoms with van der Waals surface area (Å²) >= 11 is 11.8. The molecule has 0 radical (unpaired) electrons. The van der Waals surface area contributed by atoms with Crippen LogP contribution in [0.15, 0.2) is 34.8 Å². The average Bonchev–Trinajstić information content (AvgIpc) is 2.84. The van der Waals surface area contributed by atoms with Crippen LogP contribution in [0.5, 0.6) is 0 Å². The van der Waals surface area contributed by atoms with Gasteiger partial charge in [-0.15, -0.1) is 0 Å². The van der Waals surface area contributed by atoms with Crippen LogP contribution in [0, 0.1) is 13.8 Å². The van der Waals surface area contributed by atoms with E-state index in [1.54, 1.807) is 38.1 Å². The zero-order valence-electron chi connectivity index (χ0n) is 12.4. The Bertz CT molecular complexity index is 782. The van der Waals surface area contributed by atoms with Crippen molar-refractivity contribution in [3.05, 3.63) is 63.0 Å². The predicted molar refractivity (Wildman–Crippen MR) is 89.3 cm³/mol. The molecule has 0 unspecified atom stereocenters. The first-order valence-electron chi connectivity index (χ1n) is 6.67. The van der Waals surface area contributed by atoms with Crippen molar-refractivity contribution < 1.29 is 14.0 Å². The van der Waals surface area contributed by atoms with E-state index in [4.69, 9.17) is 27.6 Å². The van der Waals surface area contributed by atoms with Gasteiger partial charge in [-0.05, 0) is 49.8 Å². The van der Waals surface area contributed by atoms with E-state index in [0.717, 1.165) is 0 Å². The summed E-state index contributed by atoms with van der Waals surface area (Å²) < 4.78 is 5.26. The number of furan rings is 1. The summed E-state index contributed by atoms with van der Waals surface area (Å²) in [5.74, 6) is 0.138. The van der Waals surface area contributed by atoms with Gasteiger partial charge in [-0.25, -0.2) is 0 Å². The minimum Gasteiger partial charge on any atom is -0.466 e. The molecule has 0 aliphatic carbocycles. The summed E-state index contributed by atoms with van der Waals surface area (Å²) in [6.45, 7) is 3.41. The van der Waals surface area contributed by atoms with Crippen LogP contribution >= 0.6 is 23.2 Å². The second-order valence-corrected chi connectivity index (χ2v) is 5.61. The minimum atomic E-state index is -0.507. The van der Waals surface area contributed by atoms with Crippen LogP contribution in [-0.4, -0.2) is 11.8 Å². The number of amides is 2. The van der Waals surface area contributed by atoms with E-state index < -0.39 is 11.8 Å². The summed E-state index contributed by atoms with van der Waals surface area (Å²) in [5, 5.41) is 0.973. The molecule has 120 valence electrons. The van der Waals surface area contributed by atoms with Gasteiger partial charge in [0, 0.05) is 16.1 Å². The molecule has 1 aromatic heterocycles. The molecular formula is C16H14Cl2N2O3. The third-order valence-electron chi connectivity index (χ3n) is 2.96. The van der Waals surface area contributed by atoms with E-state index in [2.05, 4.69) is 10.9 Å².